The van der Waals surface area contributed by atoms with E-state index >= 15 is 0 Å². The predicted octanol–water partition coefficient (Wildman–Crippen LogP) is 5.32. The smallest absolute Gasteiger partial charge is 0.343 e. The first kappa shape index (κ1) is 21.8. The van der Waals surface area contributed by atoms with Crippen molar-refractivity contribution in [1.82, 2.24) is 0 Å². The van der Waals surface area contributed by atoms with Crippen LogP contribution in [-0.4, -0.2) is 18.7 Å². The largest absolute Gasteiger partial charge is 0.457 e. The number of hydrogen-bond acceptors (Lipinski definition) is 5. The van der Waals surface area contributed by atoms with Crippen molar-refractivity contribution in [3.05, 3.63) is 108 Å². The van der Waals surface area contributed by atoms with Crippen molar-refractivity contribution in [1.29, 1.82) is 0 Å². The Labute approximate surface area is 181 Å². The Kier molecular flexibility index (Phi) is 7.60. The molecule has 1 atom stereocenters. The van der Waals surface area contributed by atoms with E-state index in [9.17, 15) is 9.59 Å². The molecule has 0 bridgehead atoms. The molecule has 0 radical (unpaired) electrons. The average molecular weight is 416 g/mol. The van der Waals surface area contributed by atoms with Crippen molar-refractivity contribution in [2.45, 2.75) is 19.3 Å². The molecule has 3 aromatic carbocycles. The van der Waals surface area contributed by atoms with Crippen LogP contribution in [0.15, 0.2) is 91.5 Å². The Bertz CT molecular complexity index is 1010. The zero-order valence-corrected chi connectivity index (χ0v) is 17.3. The van der Waals surface area contributed by atoms with E-state index in [0.717, 1.165) is 18.1 Å². The quantitative estimate of drug-likeness (QED) is 0.205. The second kappa shape index (κ2) is 10.8. The van der Waals surface area contributed by atoms with Gasteiger partial charge in [0.25, 0.3) is 0 Å². The molecular formula is C26H24O5. The van der Waals surface area contributed by atoms with Crippen LogP contribution in [-0.2, 0) is 16.0 Å². The lowest BCUT2D eigenvalue weighted by Gasteiger charge is -2.12. The maximum atomic E-state index is 12.4. The molecule has 3 aromatic rings. The number of rotatable bonds is 9. The average Bonchev–Trinajstić information content (AvgIpc) is 2.81. The van der Waals surface area contributed by atoms with Crippen LogP contribution in [0, 0.1) is 0 Å². The summed E-state index contributed by atoms with van der Waals surface area (Å²) in [5, 5.41) is 0. The van der Waals surface area contributed by atoms with Crippen LogP contribution in [0.2, 0.25) is 0 Å². The lowest BCUT2D eigenvalue weighted by Crippen LogP contribution is -2.09. The summed E-state index contributed by atoms with van der Waals surface area (Å²) in [6.07, 6.45) is 1.95. The molecule has 0 heterocycles. The molecule has 31 heavy (non-hydrogen) atoms. The summed E-state index contributed by atoms with van der Waals surface area (Å²) in [6.45, 7) is 5.27. The van der Waals surface area contributed by atoms with Gasteiger partial charge >= 0.3 is 11.9 Å². The first-order valence-corrected chi connectivity index (χ1v) is 9.93. The highest BCUT2D eigenvalue weighted by Gasteiger charge is 2.11. The van der Waals surface area contributed by atoms with Crippen LogP contribution in [0.5, 0.6) is 11.5 Å². The third kappa shape index (κ3) is 6.57. The van der Waals surface area contributed by atoms with Gasteiger partial charge in [-0.2, -0.15) is 0 Å². The fraction of sp³-hybridized carbons (Fsp3) is 0.154. The van der Waals surface area contributed by atoms with E-state index in [-0.39, 0.29) is 6.79 Å². The molecule has 158 valence electrons. The van der Waals surface area contributed by atoms with Gasteiger partial charge in [0.05, 0.1) is 5.56 Å². The van der Waals surface area contributed by atoms with E-state index in [1.807, 2.05) is 30.3 Å². The first-order chi connectivity index (χ1) is 15.0. The summed E-state index contributed by atoms with van der Waals surface area (Å²) in [5.41, 5.74) is 2.93. The first-order valence-electron chi connectivity index (χ1n) is 9.93. The summed E-state index contributed by atoms with van der Waals surface area (Å²) in [4.78, 5) is 23.4. The number of esters is 2. The van der Waals surface area contributed by atoms with Crippen molar-refractivity contribution < 1.29 is 23.8 Å². The summed E-state index contributed by atoms with van der Waals surface area (Å²) in [5.74, 6) is 0.262. The topological polar surface area (TPSA) is 61.8 Å². The summed E-state index contributed by atoms with van der Waals surface area (Å²) >= 11 is 0. The van der Waals surface area contributed by atoms with E-state index in [0.29, 0.717) is 23.0 Å². The molecule has 0 saturated heterocycles. The number of carbonyl (C=O) groups is 2. The summed E-state index contributed by atoms with van der Waals surface area (Å²) in [7, 11) is 0. The molecule has 0 spiro atoms. The highest BCUT2D eigenvalue weighted by atomic mass is 16.7. The van der Waals surface area contributed by atoms with Gasteiger partial charge in [0.1, 0.15) is 11.5 Å². The lowest BCUT2D eigenvalue weighted by molar-refractivity contribution is -0.144. The molecule has 5 heteroatoms. The van der Waals surface area contributed by atoms with Crippen LogP contribution < -0.4 is 9.47 Å². The van der Waals surface area contributed by atoms with Gasteiger partial charge in [0, 0.05) is 6.08 Å². The number of ether oxygens (including phenoxy) is 3. The molecule has 1 unspecified atom stereocenters. The highest BCUT2D eigenvalue weighted by molar-refractivity contribution is 5.91. The van der Waals surface area contributed by atoms with Crippen LogP contribution >= 0.6 is 0 Å². The summed E-state index contributed by atoms with van der Waals surface area (Å²) < 4.78 is 15.4. The summed E-state index contributed by atoms with van der Waals surface area (Å²) in [6, 6.07) is 24.3. The Morgan fingerprint density at radius 3 is 2.19 bits per heavy atom. The van der Waals surface area contributed by atoms with Gasteiger partial charge in [0.15, 0.2) is 0 Å². The monoisotopic (exact) mass is 416 g/mol. The minimum atomic E-state index is -0.564. The fourth-order valence-corrected chi connectivity index (χ4v) is 3.01. The molecule has 0 fully saturated rings. The SMILES string of the molecule is C=CC(=O)OCOc1ccc(OC(=O)c2ccc(CC(C)c3ccccc3)cc2)cc1. The van der Waals surface area contributed by atoms with Gasteiger partial charge in [-0.15, -0.1) is 0 Å². The Morgan fingerprint density at radius 2 is 1.55 bits per heavy atom. The van der Waals surface area contributed by atoms with Crippen molar-refractivity contribution in [2.75, 3.05) is 6.79 Å². The van der Waals surface area contributed by atoms with E-state index in [1.54, 1.807) is 36.4 Å². The van der Waals surface area contributed by atoms with Gasteiger partial charge < -0.3 is 14.2 Å². The molecular weight excluding hydrogens is 392 g/mol. The Morgan fingerprint density at radius 1 is 0.903 bits per heavy atom. The van der Waals surface area contributed by atoms with Crippen molar-refractivity contribution in [3.8, 4) is 11.5 Å². The van der Waals surface area contributed by atoms with Crippen LogP contribution in [0.1, 0.15) is 34.3 Å². The number of carbonyl (C=O) groups excluding carboxylic acids is 2. The molecule has 0 aliphatic carbocycles. The van der Waals surface area contributed by atoms with Crippen LogP contribution in [0.25, 0.3) is 0 Å². The fourth-order valence-electron chi connectivity index (χ4n) is 3.01. The molecule has 0 aliphatic rings. The molecule has 0 N–H and O–H groups in total. The van der Waals surface area contributed by atoms with Crippen molar-refractivity contribution in [3.63, 3.8) is 0 Å². The molecule has 0 amide bonds. The standard InChI is InChI=1S/C26H24O5/c1-3-25(27)30-18-29-23-13-15-24(16-14-23)31-26(28)22-11-9-20(10-12-22)17-19(2)21-7-5-4-6-8-21/h3-16,19H,1,17-18H2,2H3. The molecule has 0 aliphatic heterocycles. The minimum absolute atomic E-state index is 0.223. The van der Waals surface area contributed by atoms with E-state index in [4.69, 9.17) is 14.2 Å². The molecule has 5 nitrogen and oxygen atoms in total. The normalized spacial score (nSPS) is 11.3. The van der Waals surface area contributed by atoms with E-state index < -0.39 is 11.9 Å². The second-order valence-electron chi connectivity index (χ2n) is 7.00. The van der Waals surface area contributed by atoms with E-state index in [2.05, 4.69) is 25.6 Å². The minimum Gasteiger partial charge on any atom is -0.457 e. The zero-order chi connectivity index (χ0) is 22.1. The Balaban J connectivity index is 1.52. The second-order valence-corrected chi connectivity index (χ2v) is 7.00. The van der Waals surface area contributed by atoms with E-state index in [1.165, 1.54) is 5.56 Å². The lowest BCUT2D eigenvalue weighted by atomic mass is 9.93. The maximum Gasteiger partial charge on any atom is 0.343 e. The number of hydrogen-bond donors (Lipinski definition) is 0. The zero-order valence-electron chi connectivity index (χ0n) is 17.3. The maximum absolute atomic E-state index is 12.4. The van der Waals surface area contributed by atoms with Gasteiger partial charge in [-0.25, -0.2) is 9.59 Å². The van der Waals surface area contributed by atoms with Gasteiger partial charge in [-0.05, 0) is 59.9 Å². The third-order valence-electron chi connectivity index (χ3n) is 4.73. The van der Waals surface area contributed by atoms with Crippen molar-refractivity contribution in [2.24, 2.45) is 0 Å². The molecule has 0 aromatic heterocycles. The van der Waals surface area contributed by atoms with Crippen molar-refractivity contribution >= 4 is 11.9 Å². The van der Waals surface area contributed by atoms with Gasteiger partial charge in [-0.1, -0.05) is 56.0 Å². The van der Waals surface area contributed by atoms with Gasteiger partial charge in [-0.3, -0.25) is 0 Å². The Hall–Kier alpha value is -3.86. The number of benzene rings is 3. The van der Waals surface area contributed by atoms with Gasteiger partial charge in [0.2, 0.25) is 6.79 Å². The molecule has 3 rings (SSSR count). The third-order valence-corrected chi connectivity index (χ3v) is 4.73. The van der Waals surface area contributed by atoms with Crippen LogP contribution in [0.4, 0.5) is 0 Å². The predicted molar refractivity (Wildman–Crippen MR) is 118 cm³/mol. The van der Waals surface area contributed by atoms with Crippen LogP contribution in [0.3, 0.4) is 0 Å². The molecule has 0 saturated carbocycles. The highest BCUT2D eigenvalue weighted by Crippen LogP contribution is 2.22.